The monoisotopic (exact) mass is 1310 g/mol. The fourth-order valence-electron chi connectivity index (χ4n) is 13.0. The first-order valence-electron chi connectivity index (χ1n) is 30.9. The second-order valence-corrected chi connectivity index (χ2v) is 24.3. The third-order valence-electron chi connectivity index (χ3n) is 17.8. The lowest BCUT2D eigenvalue weighted by molar-refractivity contribution is -0.346. The number of rotatable bonds is 30. The Bertz CT molecular complexity index is 3320. The van der Waals surface area contributed by atoms with Gasteiger partial charge in [0.05, 0.1) is 55.2 Å². The molecule has 94 heavy (non-hydrogen) atoms. The maximum absolute atomic E-state index is 15.9. The summed E-state index contributed by atoms with van der Waals surface area (Å²) in [6.45, 7) is 6.57. The summed E-state index contributed by atoms with van der Waals surface area (Å²) >= 11 is 0. The summed E-state index contributed by atoms with van der Waals surface area (Å²) in [4.78, 5) is 163. The number of hydrogen-bond acceptors (Lipinski definition) is 23. The van der Waals surface area contributed by atoms with Crippen molar-refractivity contribution in [3.05, 3.63) is 119 Å². The highest BCUT2D eigenvalue weighted by Crippen LogP contribution is 2.64. The van der Waals surface area contributed by atoms with Gasteiger partial charge < -0.3 is 74.1 Å². The predicted molar refractivity (Wildman–Crippen MR) is 327 cm³/mol. The highest BCUT2D eigenvalue weighted by Gasteiger charge is 2.78. The van der Waals surface area contributed by atoms with Crippen LogP contribution in [0.4, 0.5) is 0 Å². The molecule has 0 spiro atoms. The van der Waals surface area contributed by atoms with Crippen molar-refractivity contribution < 1.29 is 110 Å². The Morgan fingerprint density at radius 1 is 0.734 bits per heavy atom. The summed E-state index contributed by atoms with van der Waals surface area (Å²) in [6, 6.07) is 21.8. The van der Waals surface area contributed by atoms with E-state index in [0.717, 1.165) is 13.8 Å². The van der Waals surface area contributed by atoms with Crippen molar-refractivity contribution in [3.63, 3.8) is 0 Å². The highest BCUT2D eigenvalue weighted by atomic mass is 16.6. The summed E-state index contributed by atoms with van der Waals surface area (Å²) in [5, 5.41) is 36.5. The molecule has 27 nitrogen and oxygen atoms in total. The molecule has 2 saturated carbocycles. The SMILES string of the molecule is CCOC(=O)[C@H](CCCCNC(=O)COCC(=O)O[C@@H](C(=O)O[C@H]1C[C@@]2(O)[C@@H](OC(=O)c3ccccc3)[C@@H]3[C@]4(OC(C)=O)CO[C@@H]4C[C@H](O)[C@@]3(C)C(=O)[C@H](OC(C)=O)C(=C1C)C2(C)C)C(NC(=O)c1ccccc1)c1ccccc1)CC(=O)CNC(=O)CNC(=O)COC. The van der Waals surface area contributed by atoms with E-state index in [-0.39, 0.29) is 73.4 Å². The van der Waals surface area contributed by atoms with E-state index < -0.39 is 180 Å². The van der Waals surface area contributed by atoms with Crippen LogP contribution in [0.1, 0.15) is 119 Å². The predicted octanol–water partition coefficient (Wildman–Crippen LogP) is 2.61. The smallest absolute Gasteiger partial charge is 0.350 e. The second kappa shape index (κ2) is 31.9. The van der Waals surface area contributed by atoms with Crippen molar-refractivity contribution in [2.45, 2.75) is 141 Å². The first-order valence-corrected chi connectivity index (χ1v) is 30.9. The molecule has 1 heterocycles. The fourth-order valence-corrected chi connectivity index (χ4v) is 13.0. The van der Waals surface area contributed by atoms with E-state index in [9.17, 15) is 58.2 Å². The number of benzene rings is 3. The Labute approximate surface area is 542 Å². The van der Waals surface area contributed by atoms with Gasteiger partial charge in [-0.2, -0.15) is 0 Å². The molecular weight excluding hydrogens is 1230 g/mol. The average Bonchev–Trinajstić information content (AvgIpc) is 0.670. The highest BCUT2D eigenvalue weighted by molar-refractivity contribution is 5.97. The molecule has 1 unspecified atom stereocenters. The first kappa shape index (κ1) is 72.7. The summed E-state index contributed by atoms with van der Waals surface area (Å²) in [6.07, 6.45) is -11.0. The number of fused-ring (bicyclic) bond motifs is 5. The van der Waals surface area contributed by atoms with Gasteiger partial charge in [-0.05, 0) is 74.6 Å². The number of aliphatic hydroxyl groups excluding tert-OH is 1. The molecule has 1 saturated heterocycles. The van der Waals surface area contributed by atoms with Crippen LogP contribution >= 0.6 is 0 Å². The number of Topliss-reactive ketones (excluding diaryl/α,β-unsaturated/α-hetero) is 2. The van der Waals surface area contributed by atoms with Gasteiger partial charge in [-0.25, -0.2) is 14.4 Å². The van der Waals surface area contributed by atoms with E-state index in [2.05, 4.69) is 21.3 Å². The largest absolute Gasteiger partial charge is 0.466 e. The number of unbranched alkanes of at least 4 members (excludes halogenated alkanes) is 1. The fraction of sp³-hybridized carbons (Fsp3) is 0.522. The topological polar surface area (TPSA) is 376 Å². The van der Waals surface area contributed by atoms with Crippen molar-refractivity contribution in [1.29, 1.82) is 0 Å². The zero-order valence-electron chi connectivity index (χ0n) is 53.7. The molecule has 3 aromatic carbocycles. The quantitative estimate of drug-likeness (QED) is 0.0242. The van der Waals surface area contributed by atoms with Crippen LogP contribution in [-0.2, 0) is 90.6 Å². The van der Waals surface area contributed by atoms with Crippen molar-refractivity contribution >= 4 is 71.0 Å². The van der Waals surface area contributed by atoms with Gasteiger partial charge in [0.25, 0.3) is 5.91 Å². The van der Waals surface area contributed by atoms with Crippen LogP contribution in [0.2, 0.25) is 0 Å². The Morgan fingerprint density at radius 2 is 1.36 bits per heavy atom. The number of nitrogens with one attached hydrogen (secondary N) is 4. The van der Waals surface area contributed by atoms with E-state index in [0.29, 0.717) is 12.8 Å². The maximum Gasteiger partial charge on any atom is 0.350 e. The van der Waals surface area contributed by atoms with Crippen LogP contribution in [0.25, 0.3) is 0 Å². The number of ketones is 2. The number of carbonyl (C=O) groups is 12. The molecule has 7 rings (SSSR count). The third-order valence-corrected chi connectivity index (χ3v) is 17.8. The van der Waals surface area contributed by atoms with Gasteiger partial charge in [0.2, 0.25) is 23.8 Å². The van der Waals surface area contributed by atoms with Gasteiger partial charge in [-0.15, -0.1) is 0 Å². The molecule has 12 atom stereocenters. The van der Waals surface area contributed by atoms with E-state index in [4.69, 9.17) is 42.6 Å². The lowest BCUT2D eigenvalue weighted by Gasteiger charge is -2.67. The number of hydrogen-bond donors (Lipinski definition) is 6. The number of amides is 4. The minimum atomic E-state index is -2.56. The number of aliphatic hydroxyl groups is 2. The standard InChI is InChI=1S/C67H82N4O23/c1-9-88-61(82)44(29-45(74)32-69-49(76)33-70-50(77)34-86-8)27-19-20-28-68-51(78)35-87-36-52(79)92-56(54(41-21-13-10-14-22-41)71-60(81)42-23-15-11-16-24-42)63(84)91-46-31-67(85)59(93-62(83)43-25-17-12-18-26-43)57-65(7,47(75)30-48-66(57,37-89-48)94-40(4)73)58(80)55(90-39(3)72)53(38(46)2)64(67,5)6/h10-18,21-26,44,46-48,54-57,59,75,85H,9,19-20,27-37H2,1-8H3,(H,68,78)(H,69,76)(H,70,77)(H,71,81)/t44-,46+,47+,48-,54?,55-,56-,57+,59+,65-,66+,67-/m1/s1. The van der Waals surface area contributed by atoms with Gasteiger partial charge >= 0.3 is 35.8 Å². The lowest BCUT2D eigenvalue weighted by atomic mass is 9.44. The van der Waals surface area contributed by atoms with E-state index in [1.807, 2.05) is 0 Å². The van der Waals surface area contributed by atoms with Gasteiger partial charge in [0.15, 0.2) is 23.3 Å². The van der Waals surface area contributed by atoms with Crippen LogP contribution in [0.15, 0.2) is 102 Å². The Kier molecular flexibility index (Phi) is 24.7. The molecular formula is C67H82N4O23. The molecule has 3 aliphatic carbocycles. The molecule has 6 N–H and O–H groups in total. The molecule has 27 heteroatoms. The van der Waals surface area contributed by atoms with Gasteiger partial charge in [0, 0.05) is 57.7 Å². The summed E-state index contributed by atoms with van der Waals surface area (Å²) < 4.78 is 52.2. The zero-order chi connectivity index (χ0) is 68.7. The average molecular weight is 1310 g/mol. The van der Waals surface area contributed by atoms with Gasteiger partial charge in [-0.1, -0.05) is 87.0 Å². The Morgan fingerprint density at radius 3 is 1.97 bits per heavy atom. The third kappa shape index (κ3) is 16.6. The second-order valence-electron chi connectivity index (χ2n) is 24.3. The van der Waals surface area contributed by atoms with Crippen LogP contribution in [0.3, 0.4) is 0 Å². The Hall–Kier alpha value is -8.76. The number of esters is 6. The summed E-state index contributed by atoms with van der Waals surface area (Å²) in [7, 11) is 1.31. The van der Waals surface area contributed by atoms with Gasteiger partial charge in [-0.3, -0.25) is 43.2 Å². The molecule has 1 aliphatic heterocycles. The molecule has 3 aromatic rings. The minimum Gasteiger partial charge on any atom is -0.466 e. The maximum atomic E-state index is 15.9. The zero-order valence-corrected chi connectivity index (χ0v) is 53.7. The van der Waals surface area contributed by atoms with Crippen molar-refractivity contribution in [2.75, 3.05) is 59.8 Å². The van der Waals surface area contributed by atoms with Crippen molar-refractivity contribution in [3.8, 4) is 0 Å². The molecule has 4 aliphatic rings. The molecule has 3 fully saturated rings. The number of methoxy groups -OCH3 is 1. The minimum absolute atomic E-state index is 0.00538. The molecule has 4 amide bonds. The normalized spacial score (nSPS) is 25.0. The van der Waals surface area contributed by atoms with E-state index >= 15 is 9.59 Å². The van der Waals surface area contributed by atoms with E-state index in [1.54, 1.807) is 61.5 Å². The van der Waals surface area contributed by atoms with Gasteiger partial charge in [0.1, 0.15) is 49.8 Å². The first-order chi connectivity index (χ1) is 44.6. The van der Waals surface area contributed by atoms with Crippen LogP contribution in [0, 0.1) is 22.7 Å². The van der Waals surface area contributed by atoms with E-state index in [1.165, 1.54) is 71.2 Å². The van der Waals surface area contributed by atoms with Crippen molar-refractivity contribution in [1.82, 2.24) is 21.3 Å². The van der Waals surface area contributed by atoms with Crippen molar-refractivity contribution in [2.24, 2.45) is 22.7 Å². The molecule has 2 bridgehead atoms. The van der Waals surface area contributed by atoms with Crippen LogP contribution in [-0.4, -0.2) is 189 Å². The summed E-state index contributed by atoms with van der Waals surface area (Å²) in [5.41, 5.74) is -8.17. The molecule has 508 valence electrons. The van der Waals surface area contributed by atoms with Crippen LogP contribution < -0.4 is 21.3 Å². The molecule has 0 aromatic heterocycles. The summed E-state index contributed by atoms with van der Waals surface area (Å²) in [5.74, 6) is -12.6. The number of ether oxygens (including phenoxy) is 9. The molecule has 0 radical (unpaired) electrons. The lowest BCUT2D eigenvalue weighted by Crippen LogP contribution is -2.82. The number of carbonyl (C=O) groups excluding carboxylic acids is 12. The van der Waals surface area contributed by atoms with Crippen LogP contribution in [0.5, 0.6) is 0 Å². The Balaban J connectivity index is 1.15.